The average Bonchev–Trinajstić information content (AvgIpc) is 2.12. The van der Waals surface area contributed by atoms with Crippen LogP contribution < -0.4 is 16.4 Å². The second-order valence-electron chi connectivity index (χ2n) is 1.69. The number of nitrogens with two attached hydrogens (primary N) is 2. The van der Waals surface area contributed by atoms with Crippen molar-refractivity contribution in [3.63, 3.8) is 0 Å². The molecule has 5 N–H and O–H groups in total. The topological polar surface area (TPSA) is 81.1 Å². The lowest BCUT2D eigenvalue weighted by Gasteiger charge is -1.88. The molecule has 50 valence electrons. The summed E-state index contributed by atoms with van der Waals surface area (Å²) >= 11 is 0. The van der Waals surface area contributed by atoms with Crippen LogP contribution in [0.1, 0.15) is 5.82 Å². The Hall–Kier alpha value is -1.23. The van der Waals surface area contributed by atoms with Crippen LogP contribution in [0.2, 0.25) is 0 Å². The van der Waals surface area contributed by atoms with Crippen molar-refractivity contribution in [2.45, 2.75) is 6.61 Å². The first-order valence-electron chi connectivity index (χ1n) is 2.48. The van der Waals surface area contributed by atoms with Gasteiger partial charge in [0.1, 0.15) is 6.61 Å². The molecule has 0 radical (unpaired) electrons. The summed E-state index contributed by atoms with van der Waals surface area (Å²) in [7, 11) is 0. The molecule has 0 fully saturated rings. The van der Waals surface area contributed by atoms with Crippen LogP contribution >= 0.6 is 0 Å². The maximum Gasteiger partial charge on any atom is 0.328 e. The average molecular weight is 129 g/mol. The van der Waals surface area contributed by atoms with E-state index in [0.29, 0.717) is 5.82 Å². The molecule has 0 aliphatic heterocycles. The van der Waals surface area contributed by atoms with Gasteiger partial charge in [-0.1, -0.05) is 0 Å². The Morgan fingerprint density at radius 3 is 2.67 bits per heavy atom. The number of aromatic nitrogens is 2. The smallest absolute Gasteiger partial charge is 0.328 e. The first-order chi connectivity index (χ1) is 4.25. The maximum absolute atomic E-state index is 8.59. The van der Waals surface area contributed by atoms with E-state index in [1.807, 2.05) is 0 Å². The minimum Gasteiger partial charge on any atom is -0.383 e. The van der Waals surface area contributed by atoms with E-state index in [0.717, 1.165) is 0 Å². The predicted molar refractivity (Wildman–Crippen MR) is 30.9 cm³/mol. The normalized spacial score (nSPS) is 9.89. The van der Waals surface area contributed by atoms with Crippen molar-refractivity contribution in [2.75, 3.05) is 11.7 Å². The molecule has 0 atom stereocenters. The van der Waals surface area contributed by atoms with Crippen LogP contribution in [-0.4, -0.2) is 9.78 Å². The Morgan fingerprint density at radius 1 is 1.78 bits per heavy atom. The van der Waals surface area contributed by atoms with E-state index < -0.39 is 0 Å². The van der Waals surface area contributed by atoms with Crippen molar-refractivity contribution in [1.29, 1.82) is 0 Å². The van der Waals surface area contributed by atoms with E-state index in [1.54, 1.807) is 12.4 Å². The van der Waals surface area contributed by atoms with Gasteiger partial charge in [0.15, 0.2) is 12.4 Å². The first-order valence-corrected chi connectivity index (χ1v) is 2.48. The Labute approximate surface area is 52.1 Å². The molecule has 0 spiro atoms. The Balaban J connectivity index is 3.07. The minimum absolute atomic E-state index is 0.153. The van der Waals surface area contributed by atoms with Crippen molar-refractivity contribution in [2.24, 2.45) is 0 Å². The van der Waals surface area contributed by atoms with E-state index >= 15 is 0 Å². The van der Waals surface area contributed by atoms with E-state index in [-0.39, 0.29) is 6.61 Å². The molecular weight excluding hydrogens is 120 g/mol. The molecule has 1 aromatic heterocycles. The van der Waals surface area contributed by atoms with Crippen LogP contribution in [-0.2, 0) is 6.61 Å². The number of nitrogens with zero attached hydrogens (tertiary/aromatic N) is 2. The summed E-state index contributed by atoms with van der Waals surface area (Å²) < 4.78 is 2.53. The van der Waals surface area contributed by atoms with Crippen LogP contribution in [0.3, 0.4) is 0 Å². The summed E-state index contributed by atoms with van der Waals surface area (Å²) in [6.45, 7) is -0.153. The van der Waals surface area contributed by atoms with Crippen molar-refractivity contribution >= 4 is 0 Å². The highest BCUT2D eigenvalue weighted by atomic mass is 16.3. The van der Waals surface area contributed by atoms with Gasteiger partial charge in [-0.05, 0) is 0 Å². The summed E-state index contributed by atoms with van der Waals surface area (Å²) in [5.41, 5.74) is 0. The van der Waals surface area contributed by atoms with Gasteiger partial charge in [0.05, 0.1) is 0 Å². The SMILES string of the molecule is Nn1cc[n+](N)c1CO. The Morgan fingerprint density at radius 2 is 2.44 bits per heavy atom. The molecule has 0 aliphatic rings. The number of imidazole rings is 1. The number of rotatable bonds is 1. The summed E-state index contributed by atoms with van der Waals surface area (Å²) in [4.78, 5) is 0. The number of aliphatic hydroxyl groups is 1. The third kappa shape index (κ3) is 0.812. The molecule has 0 aliphatic carbocycles. The fraction of sp³-hybridized carbons (Fsp3) is 0.250. The van der Waals surface area contributed by atoms with Gasteiger partial charge in [0, 0.05) is 0 Å². The van der Waals surface area contributed by atoms with E-state index in [1.165, 1.54) is 9.35 Å². The molecule has 1 aromatic rings. The summed E-state index contributed by atoms with van der Waals surface area (Å²) in [6.07, 6.45) is 3.12. The number of aliphatic hydroxyl groups excluding tert-OH is 1. The Kier molecular flexibility index (Phi) is 1.27. The standard InChI is InChI=1S/C4H9N4O/c5-7-1-2-8(6)4(7)3-9/h1-2,9H,3,5-6H2/q+1. The molecule has 1 heterocycles. The lowest BCUT2D eigenvalue weighted by Crippen LogP contribution is -2.47. The van der Waals surface area contributed by atoms with Crippen LogP contribution in [0.5, 0.6) is 0 Å². The molecule has 0 bridgehead atoms. The van der Waals surface area contributed by atoms with Crippen LogP contribution in [0.15, 0.2) is 12.4 Å². The van der Waals surface area contributed by atoms with Gasteiger partial charge in [0.2, 0.25) is 0 Å². The monoisotopic (exact) mass is 129 g/mol. The summed E-state index contributed by atoms with van der Waals surface area (Å²) in [6, 6.07) is 0. The molecule has 0 aromatic carbocycles. The predicted octanol–water partition coefficient (Wildman–Crippen LogP) is -2.30. The zero-order valence-corrected chi connectivity index (χ0v) is 4.86. The summed E-state index contributed by atoms with van der Waals surface area (Å²) in [5.74, 6) is 11.1. The molecule has 5 heteroatoms. The molecule has 0 amide bonds. The zero-order chi connectivity index (χ0) is 6.85. The van der Waals surface area contributed by atoms with Crippen molar-refractivity contribution < 1.29 is 9.78 Å². The molecule has 1 rings (SSSR count). The molecular formula is C4H9N4O+. The summed E-state index contributed by atoms with van der Waals surface area (Å²) in [5, 5.41) is 8.59. The quantitative estimate of drug-likeness (QED) is 0.294. The highest BCUT2D eigenvalue weighted by Crippen LogP contribution is 1.84. The second-order valence-corrected chi connectivity index (χ2v) is 1.69. The largest absolute Gasteiger partial charge is 0.383 e. The first kappa shape index (κ1) is 5.90. The van der Waals surface area contributed by atoms with Crippen LogP contribution in [0, 0.1) is 0 Å². The third-order valence-electron chi connectivity index (χ3n) is 1.13. The highest BCUT2D eigenvalue weighted by Gasteiger charge is 2.09. The second kappa shape index (κ2) is 1.94. The third-order valence-corrected chi connectivity index (χ3v) is 1.13. The lowest BCUT2D eigenvalue weighted by atomic mass is 10.7. The van der Waals surface area contributed by atoms with Gasteiger partial charge in [0.25, 0.3) is 0 Å². The molecule has 0 saturated carbocycles. The van der Waals surface area contributed by atoms with Gasteiger partial charge in [-0.3, -0.25) is 11.7 Å². The van der Waals surface area contributed by atoms with Crippen LogP contribution in [0.25, 0.3) is 0 Å². The fourth-order valence-corrected chi connectivity index (χ4v) is 0.612. The molecule has 0 unspecified atom stereocenters. The van der Waals surface area contributed by atoms with E-state index in [2.05, 4.69) is 0 Å². The molecule has 0 saturated heterocycles. The fourth-order valence-electron chi connectivity index (χ4n) is 0.612. The molecule has 5 nitrogen and oxygen atoms in total. The lowest BCUT2D eigenvalue weighted by molar-refractivity contribution is -0.648. The highest BCUT2D eigenvalue weighted by molar-refractivity contribution is 4.79. The van der Waals surface area contributed by atoms with Gasteiger partial charge in [-0.25, -0.2) is 0 Å². The van der Waals surface area contributed by atoms with Gasteiger partial charge in [-0.15, -0.1) is 9.35 Å². The van der Waals surface area contributed by atoms with E-state index in [4.69, 9.17) is 16.8 Å². The van der Waals surface area contributed by atoms with E-state index in [9.17, 15) is 0 Å². The number of hydrogen-bond acceptors (Lipinski definition) is 3. The van der Waals surface area contributed by atoms with Gasteiger partial charge < -0.3 is 5.11 Å². The number of hydrogen-bond donors (Lipinski definition) is 3. The Bertz CT molecular complexity index is 187. The van der Waals surface area contributed by atoms with Crippen LogP contribution in [0.4, 0.5) is 0 Å². The number of nitrogen functional groups attached to an aromatic ring is 2. The molecule has 9 heavy (non-hydrogen) atoms. The van der Waals surface area contributed by atoms with Crippen molar-refractivity contribution in [3.05, 3.63) is 18.2 Å². The van der Waals surface area contributed by atoms with Gasteiger partial charge >= 0.3 is 5.82 Å². The van der Waals surface area contributed by atoms with Crippen molar-refractivity contribution in [3.8, 4) is 0 Å². The zero-order valence-electron chi connectivity index (χ0n) is 4.86. The van der Waals surface area contributed by atoms with Gasteiger partial charge in [-0.2, -0.15) is 0 Å². The maximum atomic E-state index is 8.59. The minimum atomic E-state index is -0.153. The van der Waals surface area contributed by atoms with Crippen molar-refractivity contribution in [1.82, 2.24) is 4.68 Å².